The number of hydrogen-bond acceptors (Lipinski definition) is 5. The number of morpholine rings is 1. The zero-order valence-corrected chi connectivity index (χ0v) is 10.9. The van der Waals surface area contributed by atoms with Crippen molar-refractivity contribution in [2.24, 2.45) is 0 Å². The van der Waals surface area contributed by atoms with Gasteiger partial charge in [0.15, 0.2) is 0 Å². The average Bonchev–Trinajstić information content (AvgIpc) is 2.39. The van der Waals surface area contributed by atoms with Gasteiger partial charge in [-0.25, -0.2) is 9.78 Å². The lowest BCUT2D eigenvalue weighted by molar-refractivity contribution is 0.0332. The van der Waals surface area contributed by atoms with Crippen molar-refractivity contribution in [3.8, 4) is 0 Å². The first-order valence-electron chi connectivity index (χ1n) is 5.74. The van der Waals surface area contributed by atoms with Crippen molar-refractivity contribution in [1.29, 1.82) is 0 Å². The van der Waals surface area contributed by atoms with Gasteiger partial charge in [-0.15, -0.1) is 0 Å². The monoisotopic (exact) mass is 270 g/mol. The second-order valence-electron chi connectivity index (χ2n) is 4.01. The molecule has 1 aromatic heterocycles. The van der Waals surface area contributed by atoms with Gasteiger partial charge in [0.2, 0.25) is 0 Å². The highest BCUT2D eigenvalue weighted by Gasteiger charge is 2.18. The number of esters is 1. The molecule has 6 heteroatoms. The van der Waals surface area contributed by atoms with Crippen molar-refractivity contribution in [3.63, 3.8) is 0 Å². The summed E-state index contributed by atoms with van der Waals surface area (Å²) in [6.45, 7) is 3.64. The molecule has 0 saturated carbocycles. The molecule has 0 amide bonds. The fourth-order valence-corrected chi connectivity index (χ4v) is 2.03. The van der Waals surface area contributed by atoms with Crippen LogP contribution in [-0.4, -0.2) is 49.3 Å². The summed E-state index contributed by atoms with van der Waals surface area (Å²) < 4.78 is 10.0. The van der Waals surface area contributed by atoms with Crippen LogP contribution in [0, 0.1) is 0 Å². The molecule has 0 bridgehead atoms. The first-order valence-corrected chi connectivity index (χ1v) is 6.12. The molecule has 0 aromatic carbocycles. The van der Waals surface area contributed by atoms with Crippen molar-refractivity contribution < 1.29 is 14.3 Å². The Morgan fingerprint density at radius 1 is 1.50 bits per heavy atom. The van der Waals surface area contributed by atoms with Crippen LogP contribution in [0.2, 0.25) is 5.15 Å². The Balaban J connectivity index is 2.18. The van der Waals surface area contributed by atoms with E-state index in [1.807, 2.05) is 0 Å². The van der Waals surface area contributed by atoms with Gasteiger partial charge in [0.25, 0.3) is 0 Å². The van der Waals surface area contributed by atoms with Crippen molar-refractivity contribution in [1.82, 2.24) is 9.88 Å². The van der Waals surface area contributed by atoms with E-state index in [1.54, 1.807) is 12.1 Å². The second kappa shape index (κ2) is 6.13. The Hall–Kier alpha value is -1.17. The van der Waals surface area contributed by atoms with Crippen LogP contribution in [-0.2, 0) is 16.0 Å². The van der Waals surface area contributed by atoms with Gasteiger partial charge in [-0.05, 0) is 12.1 Å². The van der Waals surface area contributed by atoms with E-state index in [0.29, 0.717) is 36.2 Å². The second-order valence-corrected chi connectivity index (χ2v) is 4.40. The Labute approximate surface area is 111 Å². The van der Waals surface area contributed by atoms with E-state index in [2.05, 4.69) is 9.88 Å². The molecule has 2 heterocycles. The molecule has 1 aliphatic heterocycles. The molecule has 1 saturated heterocycles. The number of methoxy groups -OCH3 is 1. The molecule has 0 spiro atoms. The van der Waals surface area contributed by atoms with Gasteiger partial charge in [-0.1, -0.05) is 11.6 Å². The average molecular weight is 271 g/mol. The molecule has 98 valence electrons. The number of carbonyl (C=O) groups excluding carboxylic acids is 1. The van der Waals surface area contributed by atoms with E-state index in [0.717, 1.165) is 13.1 Å². The van der Waals surface area contributed by atoms with Crippen molar-refractivity contribution in [2.45, 2.75) is 6.54 Å². The lowest BCUT2D eigenvalue weighted by atomic mass is 10.2. The van der Waals surface area contributed by atoms with Crippen molar-refractivity contribution in [2.75, 3.05) is 33.4 Å². The fourth-order valence-electron chi connectivity index (χ4n) is 1.86. The minimum Gasteiger partial charge on any atom is -0.465 e. The Morgan fingerprint density at radius 3 is 2.89 bits per heavy atom. The summed E-state index contributed by atoms with van der Waals surface area (Å²) in [5.74, 6) is -0.387. The quantitative estimate of drug-likeness (QED) is 0.613. The number of carbonyl (C=O) groups is 1. The summed E-state index contributed by atoms with van der Waals surface area (Å²) in [4.78, 5) is 18.0. The predicted octanol–water partition coefficient (Wildman–Crippen LogP) is 1.35. The van der Waals surface area contributed by atoms with Gasteiger partial charge >= 0.3 is 5.97 Å². The van der Waals surface area contributed by atoms with Crippen LogP contribution in [0.3, 0.4) is 0 Å². The number of rotatable bonds is 3. The van der Waals surface area contributed by atoms with E-state index < -0.39 is 0 Å². The molecular formula is C12H15ClN2O3. The molecule has 0 N–H and O–H groups in total. The maximum absolute atomic E-state index is 11.6. The first kappa shape index (κ1) is 13.3. The molecular weight excluding hydrogens is 256 g/mol. The minimum absolute atomic E-state index is 0.380. The topological polar surface area (TPSA) is 51.7 Å². The van der Waals surface area contributed by atoms with Crippen LogP contribution in [0.5, 0.6) is 0 Å². The van der Waals surface area contributed by atoms with Crippen LogP contribution < -0.4 is 0 Å². The summed E-state index contributed by atoms with van der Waals surface area (Å²) in [6.07, 6.45) is 0. The third-order valence-electron chi connectivity index (χ3n) is 2.82. The molecule has 1 aliphatic rings. The van der Waals surface area contributed by atoms with Gasteiger partial charge in [0.05, 0.1) is 31.6 Å². The number of ether oxygens (including phenoxy) is 2. The van der Waals surface area contributed by atoms with E-state index in [1.165, 1.54) is 7.11 Å². The van der Waals surface area contributed by atoms with Crippen LogP contribution in [0.15, 0.2) is 12.1 Å². The maximum Gasteiger partial charge on any atom is 0.339 e. The summed E-state index contributed by atoms with van der Waals surface area (Å²) in [5, 5.41) is 0.380. The highest BCUT2D eigenvalue weighted by molar-refractivity contribution is 6.29. The largest absolute Gasteiger partial charge is 0.465 e. The number of halogens is 1. The maximum atomic E-state index is 11.6. The molecule has 0 unspecified atom stereocenters. The van der Waals surface area contributed by atoms with Gasteiger partial charge in [-0.3, -0.25) is 4.90 Å². The van der Waals surface area contributed by atoms with E-state index in [4.69, 9.17) is 21.1 Å². The van der Waals surface area contributed by atoms with Gasteiger partial charge in [-0.2, -0.15) is 0 Å². The molecule has 0 aliphatic carbocycles. The summed E-state index contributed by atoms with van der Waals surface area (Å²) in [7, 11) is 1.36. The van der Waals surface area contributed by atoms with Crippen LogP contribution in [0.4, 0.5) is 0 Å². The zero-order chi connectivity index (χ0) is 13.0. The molecule has 5 nitrogen and oxygen atoms in total. The Bertz CT molecular complexity index is 433. The van der Waals surface area contributed by atoms with Crippen LogP contribution in [0.25, 0.3) is 0 Å². The number of nitrogens with zero attached hydrogens (tertiary/aromatic N) is 2. The lowest BCUT2D eigenvalue weighted by Gasteiger charge is -2.26. The third kappa shape index (κ3) is 3.19. The molecule has 0 atom stereocenters. The van der Waals surface area contributed by atoms with Crippen molar-refractivity contribution in [3.05, 3.63) is 28.5 Å². The van der Waals surface area contributed by atoms with Gasteiger partial charge in [0.1, 0.15) is 5.15 Å². The fraction of sp³-hybridized carbons (Fsp3) is 0.500. The highest BCUT2D eigenvalue weighted by atomic mass is 35.5. The Morgan fingerprint density at radius 2 is 2.22 bits per heavy atom. The van der Waals surface area contributed by atoms with E-state index >= 15 is 0 Å². The number of aromatic nitrogens is 1. The predicted molar refractivity (Wildman–Crippen MR) is 66.7 cm³/mol. The van der Waals surface area contributed by atoms with Gasteiger partial charge in [0, 0.05) is 19.6 Å². The highest BCUT2D eigenvalue weighted by Crippen LogP contribution is 2.15. The minimum atomic E-state index is -0.387. The molecule has 1 aromatic rings. The normalized spacial score (nSPS) is 16.6. The Kier molecular flexibility index (Phi) is 4.52. The van der Waals surface area contributed by atoms with Crippen LogP contribution in [0.1, 0.15) is 16.1 Å². The lowest BCUT2D eigenvalue weighted by Crippen LogP contribution is -2.36. The first-order chi connectivity index (χ1) is 8.70. The van der Waals surface area contributed by atoms with Crippen molar-refractivity contribution >= 4 is 17.6 Å². The standard InChI is InChI=1S/C12H15ClN2O3/c1-17-12(16)9-2-3-11(13)14-10(9)8-15-4-6-18-7-5-15/h2-3H,4-8H2,1H3. The number of hydrogen-bond donors (Lipinski definition) is 0. The van der Waals surface area contributed by atoms with Crippen LogP contribution >= 0.6 is 11.6 Å². The van der Waals surface area contributed by atoms with E-state index in [-0.39, 0.29) is 5.97 Å². The summed E-state index contributed by atoms with van der Waals surface area (Å²) in [5.41, 5.74) is 1.12. The summed E-state index contributed by atoms with van der Waals surface area (Å²) >= 11 is 5.88. The number of pyridine rings is 1. The van der Waals surface area contributed by atoms with E-state index in [9.17, 15) is 4.79 Å². The smallest absolute Gasteiger partial charge is 0.339 e. The molecule has 18 heavy (non-hydrogen) atoms. The molecule has 1 fully saturated rings. The molecule has 0 radical (unpaired) electrons. The zero-order valence-electron chi connectivity index (χ0n) is 10.2. The SMILES string of the molecule is COC(=O)c1ccc(Cl)nc1CN1CCOCC1. The third-order valence-corrected chi connectivity index (χ3v) is 3.03. The molecule has 2 rings (SSSR count). The summed E-state index contributed by atoms with van der Waals surface area (Å²) in [6, 6.07) is 3.24. The van der Waals surface area contributed by atoms with Gasteiger partial charge < -0.3 is 9.47 Å².